The van der Waals surface area contributed by atoms with E-state index in [4.69, 9.17) is 0 Å². The third-order valence-electron chi connectivity index (χ3n) is 2.48. The SMILES string of the molecule is COC(=O)C(C)Nc1nncc2ccccc12. The lowest BCUT2D eigenvalue weighted by Crippen LogP contribution is -2.27. The maximum absolute atomic E-state index is 11.3. The molecule has 1 N–H and O–H groups in total. The molecule has 2 aromatic rings. The molecule has 0 saturated carbocycles. The number of rotatable bonds is 3. The molecule has 17 heavy (non-hydrogen) atoms. The summed E-state index contributed by atoms with van der Waals surface area (Å²) < 4.78 is 4.65. The highest BCUT2D eigenvalue weighted by atomic mass is 16.5. The monoisotopic (exact) mass is 231 g/mol. The third-order valence-corrected chi connectivity index (χ3v) is 2.48. The highest BCUT2D eigenvalue weighted by Crippen LogP contribution is 2.19. The predicted molar refractivity (Wildman–Crippen MR) is 64.6 cm³/mol. The van der Waals surface area contributed by atoms with E-state index < -0.39 is 6.04 Å². The maximum Gasteiger partial charge on any atom is 0.328 e. The van der Waals surface area contributed by atoms with E-state index in [1.165, 1.54) is 7.11 Å². The van der Waals surface area contributed by atoms with Gasteiger partial charge in [-0.3, -0.25) is 0 Å². The van der Waals surface area contributed by atoms with Crippen molar-refractivity contribution in [1.82, 2.24) is 10.2 Å². The van der Waals surface area contributed by atoms with Gasteiger partial charge in [0.05, 0.1) is 13.3 Å². The van der Waals surface area contributed by atoms with Gasteiger partial charge in [0.2, 0.25) is 0 Å². The van der Waals surface area contributed by atoms with Gasteiger partial charge in [-0.25, -0.2) is 4.79 Å². The van der Waals surface area contributed by atoms with Gasteiger partial charge in [0.1, 0.15) is 6.04 Å². The van der Waals surface area contributed by atoms with Crippen molar-refractivity contribution < 1.29 is 9.53 Å². The van der Waals surface area contributed by atoms with Crippen molar-refractivity contribution in [1.29, 1.82) is 0 Å². The zero-order valence-electron chi connectivity index (χ0n) is 9.68. The number of hydrogen-bond acceptors (Lipinski definition) is 5. The van der Waals surface area contributed by atoms with Crippen molar-refractivity contribution in [3.8, 4) is 0 Å². The summed E-state index contributed by atoms with van der Waals surface area (Å²) in [6.07, 6.45) is 1.68. The first-order chi connectivity index (χ1) is 8.22. The summed E-state index contributed by atoms with van der Waals surface area (Å²) >= 11 is 0. The van der Waals surface area contributed by atoms with E-state index in [1.807, 2.05) is 24.3 Å². The number of benzene rings is 1. The Balaban J connectivity index is 2.33. The maximum atomic E-state index is 11.3. The Bertz CT molecular complexity index is 537. The molecule has 1 unspecified atom stereocenters. The standard InChI is InChI=1S/C12H13N3O2/c1-8(12(16)17-2)14-11-10-6-4-3-5-9(10)7-13-15-11/h3-8H,1-2H3,(H,14,15). The number of aromatic nitrogens is 2. The smallest absolute Gasteiger partial charge is 0.328 e. The zero-order chi connectivity index (χ0) is 12.3. The van der Waals surface area contributed by atoms with Crippen LogP contribution in [0.2, 0.25) is 0 Å². The molecule has 2 rings (SSSR count). The molecule has 88 valence electrons. The van der Waals surface area contributed by atoms with Crippen molar-refractivity contribution in [2.45, 2.75) is 13.0 Å². The summed E-state index contributed by atoms with van der Waals surface area (Å²) in [4.78, 5) is 11.3. The predicted octanol–water partition coefficient (Wildman–Crippen LogP) is 1.60. The van der Waals surface area contributed by atoms with Gasteiger partial charge in [-0.2, -0.15) is 5.10 Å². The largest absolute Gasteiger partial charge is 0.467 e. The number of methoxy groups -OCH3 is 1. The van der Waals surface area contributed by atoms with Crippen LogP contribution in [-0.4, -0.2) is 29.3 Å². The zero-order valence-corrected chi connectivity index (χ0v) is 9.68. The molecule has 0 fully saturated rings. The van der Waals surface area contributed by atoms with E-state index in [-0.39, 0.29) is 5.97 Å². The van der Waals surface area contributed by atoms with Crippen molar-refractivity contribution in [2.24, 2.45) is 0 Å². The molecule has 0 bridgehead atoms. The van der Waals surface area contributed by atoms with Gasteiger partial charge in [-0.05, 0) is 6.92 Å². The number of esters is 1. The normalized spacial score (nSPS) is 12.1. The summed E-state index contributed by atoms with van der Waals surface area (Å²) in [6, 6.07) is 7.25. The van der Waals surface area contributed by atoms with Gasteiger partial charge in [0, 0.05) is 10.8 Å². The average Bonchev–Trinajstić information content (AvgIpc) is 2.38. The van der Waals surface area contributed by atoms with Gasteiger partial charge in [0.15, 0.2) is 5.82 Å². The third kappa shape index (κ3) is 2.33. The fourth-order valence-corrected chi connectivity index (χ4v) is 1.58. The molecule has 0 spiro atoms. The number of carbonyl (C=O) groups excluding carboxylic acids is 1. The Morgan fingerprint density at radius 3 is 2.94 bits per heavy atom. The van der Waals surface area contributed by atoms with Crippen molar-refractivity contribution >= 4 is 22.6 Å². The molecule has 0 aliphatic carbocycles. The van der Waals surface area contributed by atoms with Gasteiger partial charge >= 0.3 is 5.97 Å². The van der Waals surface area contributed by atoms with Crippen LogP contribution in [-0.2, 0) is 9.53 Å². The number of carbonyl (C=O) groups is 1. The quantitative estimate of drug-likeness (QED) is 0.813. The molecule has 5 nitrogen and oxygen atoms in total. The minimum Gasteiger partial charge on any atom is -0.467 e. The van der Waals surface area contributed by atoms with Gasteiger partial charge in [0.25, 0.3) is 0 Å². The number of ether oxygens (including phenoxy) is 1. The second-order valence-electron chi connectivity index (χ2n) is 3.67. The topological polar surface area (TPSA) is 64.1 Å². The van der Waals surface area contributed by atoms with Crippen LogP contribution in [0.5, 0.6) is 0 Å². The first-order valence-corrected chi connectivity index (χ1v) is 5.27. The minimum absolute atomic E-state index is 0.334. The van der Waals surface area contributed by atoms with Crippen LogP contribution in [0.15, 0.2) is 30.5 Å². The van der Waals surface area contributed by atoms with E-state index >= 15 is 0 Å². The van der Waals surface area contributed by atoms with Crippen LogP contribution in [0.4, 0.5) is 5.82 Å². The van der Waals surface area contributed by atoms with Gasteiger partial charge < -0.3 is 10.1 Å². The Labute approximate surface area is 98.8 Å². The molecule has 0 aliphatic rings. The van der Waals surface area contributed by atoms with E-state index in [9.17, 15) is 4.79 Å². The second kappa shape index (κ2) is 4.78. The summed E-state index contributed by atoms with van der Waals surface area (Å²) in [5.41, 5.74) is 0. The lowest BCUT2D eigenvalue weighted by atomic mass is 10.2. The van der Waals surface area contributed by atoms with E-state index in [1.54, 1.807) is 13.1 Å². The van der Waals surface area contributed by atoms with E-state index in [0.29, 0.717) is 5.82 Å². The van der Waals surface area contributed by atoms with Crippen molar-refractivity contribution in [3.05, 3.63) is 30.5 Å². The molecule has 0 saturated heterocycles. The van der Waals surface area contributed by atoms with Crippen LogP contribution in [0.1, 0.15) is 6.92 Å². The summed E-state index contributed by atoms with van der Waals surface area (Å²) in [5.74, 6) is 0.251. The molecule has 0 aliphatic heterocycles. The fourth-order valence-electron chi connectivity index (χ4n) is 1.58. The molecular formula is C12H13N3O2. The molecule has 1 aromatic carbocycles. The van der Waals surface area contributed by atoms with Gasteiger partial charge in [-0.1, -0.05) is 24.3 Å². The number of fused-ring (bicyclic) bond motifs is 1. The van der Waals surface area contributed by atoms with E-state index in [0.717, 1.165) is 10.8 Å². The molecular weight excluding hydrogens is 218 g/mol. The summed E-state index contributed by atoms with van der Waals surface area (Å²) in [6.45, 7) is 1.72. The van der Waals surface area contributed by atoms with Crippen LogP contribution >= 0.6 is 0 Å². The number of anilines is 1. The Morgan fingerprint density at radius 1 is 1.41 bits per heavy atom. The van der Waals surface area contributed by atoms with Crippen molar-refractivity contribution in [3.63, 3.8) is 0 Å². The summed E-state index contributed by atoms with van der Waals surface area (Å²) in [7, 11) is 1.36. The number of nitrogens with one attached hydrogen (secondary N) is 1. The number of nitrogens with zero attached hydrogens (tertiary/aromatic N) is 2. The average molecular weight is 231 g/mol. The van der Waals surface area contributed by atoms with E-state index in [2.05, 4.69) is 20.3 Å². The molecule has 1 aromatic heterocycles. The molecule has 1 heterocycles. The highest BCUT2D eigenvalue weighted by Gasteiger charge is 2.14. The molecule has 1 atom stereocenters. The van der Waals surface area contributed by atoms with Crippen LogP contribution < -0.4 is 5.32 Å². The first-order valence-electron chi connectivity index (χ1n) is 5.27. The molecule has 0 radical (unpaired) electrons. The lowest BCUT2D eigenvalue weighted by Gasteiger charge is -2.12. The van der Waals surface area contributed by atoms with Crippen LogP contribution in [0.25, 0.3) is 10.8 Å². The number of hydrogen-bond donors (Lipinski definition) is 1. The second-order valence-corrected chi connectivity index (χ2v) is 3.67. The Hall–Kier alpha value is -2.17. The van der Waals surface area contributed by atoms with Crippen molar-refractivity contribution in [2.75, 3.05) is 12.4 Å². The minimum atomic E-state index is -0.458. The Kier molecular flexibility index (Phi) is 3.18. The fraction of sp³-hybridized carbons (Fsp3) is 0.250. The first kappa shape index (κ1) is 11.3. The summed E-state index contributed by atoms with van der Waals surface area (Å²) in [5, 5.41) is 12.8. The van der Waals surface area contributed by atoms with Crippen LogP contribution in [0, 0.1) is 0 Å². The lowest BCUT2D eigenvalue weighted by molar-refractivity contribution is -0.141. The molecule has 5 heteroatoms. The highest BCUT2D eigenvalue weighted by molar-refractivity contribution is 5.92. The molecule has 0 amide bonds. The van der Waals surface area contributed by atoms with Gasteiger partial charge in [-0.15, -0.1) is 5.10 Å². The Morgan fingerprint density at radius 2 is 2.18 bits per heavy atom. The van der Waals surface area contributed by atoms with Crippen LogP contribution in [0.3, 0.4) is 0 Å².